The molecule has 7 heteroatoms. The number of benzene rings is 1. The lowest BCUT2D eigenvalue weighted by Gasteiger charge is -2.26. The van der Waals surface area contributed by atoms with E-state index in [1.165, 1.54) is 16.9 Å². The van der Waals surface area contributed by atoms with Crippen molar-refractivity contribution in [2.45, 2.75) is 20.3 Å². The van der Waals surface area contributed by atoms with Crippen LogP contribution in [0.4, 0.5) is 5.82 Å². The molecule has 128 valence electrons. The van der Waals surface area contributed by atoms with Crippen molar-refractivity contribution >= 4 is 35.3 Å². The molecule has 1 fully saturated rings. The van der Waals surface area contributed by atoms with Gasteiger partial charge >= 0.3 is 0 Å². The Hall–Kier alpha value is -1.70. The summed E-state index contributed by atoms with van der Waals surface area (Å²) in [5.41, 5.74) is 9.63. The van der Waals surface area contributed by atoms with Gasteiger partial charge < -0.3 is 15.4 Å². The fraction of sp³-hybridized carbons (Fsp3) is 0.412. The highest BCUT2D eigenvalue weighted by molar-refractivity contribution is 7.73. The smallest absolute Gasteiger partial charge is 0.267 e. The number of carbonyl (C=O) groups excluding carboxylic acids is 1. The van der Waals surface area contributed by atoms with E-state index in [-0.39, 0.29) is 5.91 Å². The standard InChI is InChI=1S/C17H21N3O2S2/c1-3-12-6-4-5-11(2)13(12)20-15(18)14(24-17(20)23)16(21)19-7-9-22-10-8-19/h4-6H,3,7-10,18H2,1-2H3. The number of aromatic nitrogens is 1. The molecule has 2 aromatic rings. The summed E-state index contributed by atoms with van der Waals surface area (Å²) >= 11 is 6.82. The van der Waals surface area contributed by atoms with Crippen molar-refractivity contribution in [1.29, 1.82) is 0 Å². The van der Waals surface area contributed by atoms with Gasteiger partial charge in [0.25, 0.3) is 5.91 Å². The van der Waals surface area contributed by atoms with Gasteiger partial charge in [-0.05, 0) is 36.7 Å². The summed E-state index contributed by atoms with van der Waals surface area (Å²) in [4.78, 5) is 15.1. The van der Waals surface area contributed by atoms with Crippen molar-refractivity contribution in [3.63, 3.8) is 0 Å². The van der Waals surface area contributed by atoms with Crippen LogP contribution in [0.15, 0.2) is 18.2 Å². The Kier molecular flexibility index (Phi) is 5.03. The van der Waals surface area contributed by atoms with Crippen LogP contribution >= 0.6 is 23.6 Å². The van der Waals surface area contributed by atoms with Crippen LogP contribution in [0.2, 0.25) is 0 Å². The molecule has 1 aliphatic heterocycles. The van der Waals surface area contributed by atoms with Gasteiger partial charge in [-0.3, -0.25) is 9.36 Å². The largest absolute Gasteiger partial charge is 0.383 e. The highest BCUT2D eigenvalue weighted by atomic mass is 32.1. The second kappa shape index (κ2) is 7.04. The minimum Gasteiger partial charge on any atom is -0.383 e. The highest BCUT2D eigenvalue weighted by Gasteiger charge is 2.25. The molecule has 0 unspecified atom stereocenters. The van der Waals surface area contributed by atoms with E-state index >= 15 is 0 Å². The SMILES string of the molecule is CCc1cccc(C)c1-n1c(N)c(C(=O)N2CCOCC2)sc1=S. The maximum atomic E-state index is 12.8. The fourth-order valence-electron chi connectivity index (χ4n) is 2.99. The van der Waals surface area contributed by atoms with Crippen molar-refractivity contribution in [3.8, 4) is 5.69 Å². The van der Waals surface area contributed by atoms with Crippen molar-refractivity contribution in [2.75, 3.05) is 32.0 Å². The average Bonchev–Trinajstić information content (AvgIpc) is 2.89. The Balaban J connectivity index is 2.08. The zero-order valence-electron chi connectivity index (χ0n) is 13.9. The summed E-state index contributed by atoms with van der Waals surface area (Å²) in [5.74, 6) is 0.378. The quantitative estimate of drug-likeness (QED) is 0.851. The van der Waals surface area contributed by atoms with Gasteiger partial charge in [0.2, 0.25) is 0 Å². The summed E-state index contributed by atoms with van der Waals surface area (Å²) in [6.07, 6.45) is 0.876. The first-order valence-corrected chi connectivity index (χ1v) is 9.24. The number of morpholine rings is 1. The molecule has 2 N–H and O–H groups in total. The molecule has 1 aromatic heterocycles. The first kappa shape index (κ1) is 17.1. The molecule has 0 spiro atoms. The zero-order valence-corrected chi connectivity index (χ0v) is 15.5. The van der Waals surface area contributed by atoms with Gasteiger partial charge in [0, 0.05) is 13.1 Å². The first-order chi connectivity index (χ1) is 11.5. The van der Waals surface area contributed by atoms with Crippen molar-refractivity contribution in [3.05, 3.63) is 38.2 Å². The zero-order chi connectivity index (χ0) is 17.3. The molecule has 0 aliphatic carbocycles. The number of aryl methyl sites for hydroxylation is 2. The lowest BCUT2D eigenvalue weighted by molar-refractivity contribution is 0.0306. The number of nitrogens with two attached hydrogens (primary N) is 1. The van der Waals surface area contributed by atoms with E-state index in [0.29, 0.717) is 41.0 Å². The molecule has 0 radical (unpaired) electrons. The highest BCUT2D eigenvalue weighted by Crippen LogP contribution is 2.31. The Morgan fingerprint density at radius 2 is 2.08 bits per heavy atom. The Morgan fingerprint density at radius 3 is 2.75 bits per heavy atom. The van der Waals surface area contributed by atoms with E-state index in [9.17, 15) is 4.79 Å². The Bertz CT molecular complexity index is 820. The monoisotopic (exact) mass is 363 g/mol. The van der Waals surface area contributed by atoms with Crippen LogP contribution < -0.4 is 5.73 Å². The minimum atomic E-state index is -0.0581. The predicted octanol–water partition coefficient (Wildman–Crippen LogP) is 3.19. The number of hydrogen-bond acceptors (Lipinski definition) is 5. The van der Waals surface area contributed by atoms with E-state index in [0.717, 1.165) is 17.7 Å². The molecular weight excluding hydrogens is 342 g/mol. The average molecular weight is 364 g/mol. The molecule has 1 amide bonds. The molecule has 1 aliphatic rings. The van der Waals surface area contributed by atoms with E-state index < -0.39 is 0 Å². The number of hydrogen-bond donors (Lipinski definition) is 1. The fourth-order valence-corrected chi connectivity index (χ4v) is 4.29. The molecule has 1 aromatic carbocycles. The number of thiazole rings is 1. The van der Waals surface area contributed by atoms with Crippen molar-refractivity contribution in [1.82, 2.24) is 9.47 Å². The third-order valence-corrected chi connectivity index (χ3v) is 5.64. The summed E-state index contributed by atoms with van der Waals surface area (Å²) in [6, 6.07) is 6.14. The second-order valence-corrected chi connectivity index (χ2v) is 7.40. The van der Waals surface area contributed by atoms with Gasteiger partial charge in [-0.1, -0.05) is 36.5 Å². The summed E-state index contributed by atoms with van der Waals surface area (Å²) in [5, 5.41) is 0. The van der Waals surface area contributed by atoms with Gasteiger partial charge in [-0.2, -0.15) is 0 Å². The number of anilines is 1. The lowest BCUT2D eigenvalue weighted by Crippen LogP contribution is -2.40. The number of carbonyl (C=O) groups is 1. The summed E-state index contributed by atoms with van der Waals surface area (Å²) in [7, 11) is 0. The van der Waals surface area contributed by atoms with Crippen LogP contribution in [-0.2, 0) is 11.2 Å². The molecule has 5 nitrogen and oxygen atoms in total. The number of rotatable bonds is 3. The van der Waals surface area contributed by atoms with Gasteiger partial charge in [0.05, 0.1) is 18.9 Å². The van der Waals surface area contributed by atoms with E-state index in [1.807, 2.05) is 23.6 Å². The summed E-state index contributed by atoms with van der Waals surface area (Å²) in [6.45, 7) is 6.45. The van der Waals surface area contributed by atoms with Gasteiger partial charge in [-0.25, -0.2) is 0 Å². The summed E-state index contributed by atoms with van der Waals surface area (Å²) < 4.78 is 7.77. The molecule has 24 heavy (non-hydrogen) atoms. The molecular formula is C17H21N3O2S2. The number of para-hydroxylation sites is 1. The van der Waals surface area contributed by atoms with Crippen LogP contribution in [0.25, 0.3) is 5.69 Å². The van der Waals surface area contributed by atoms with Crippen LogP contribution in [0.3, 0.4) is 0 Å². The van der Waals surface area contributed by atoms with E-state index in [2.05, 4.69) is 13.0 Å². The molecule has 3 rings (SSSR count). The molecule has 2 heterocycles. The molecule has 0 atom stereocenters. The lowest BCUT2D eigenvalue weighted by atomic mass is 10.1. The number of nitrogens with zero attached hydrogens (tertiary/aromatic N) is 2. The van der Waals surface area contributed by atoms with Crippen LogP contribution in [-0.4, -0.2) is 41.7 Å². The van der Waals surface area contributed by atoms with Gasteiger partial charge in [0.15, 0.2) is 3.95 Å². The molecule has 0 saturated carbocycles. The molecule has 0 bridgehead atoms. The van der Waals surface area contributed by atoms with Crippen LogP contribution in [0, 0.1) is 10.9 Å². The van der Waals surface area contributed by atoms with Gasteiger partial charge in [-0.15, -0.1) is 0 Å². The van der Waals surface area contributed by atoms with E-state index in [4.69, 9.17) is 22.7 Å². The van der Waals surface area contributed by atoms with Crippen molar-refractivity contribution < 1.29 is 9.53 Å². The maximum Gasteiger partial charge on any atom is 0.267 e. The number of nitrogen functional groups attached to an aromatic ring is 1. The predicted molar refractivity (Wildman–Crippen MR) is 99.7 cm³/mol. The first-order valence-electron chi connectivity index (χ1n) is 8.01. The Morgan fingerprint density at radius 1 is 1.38 bits per heavy atom. The number of amides is 1. The third kappa shape index (κ3) is 2.99. The Labute approximate surface area is 150 Å². The van der Waals surface area contributed by atoms with Crippen molar-refractivity contribution in [2.24, 2.45) is 0 Å². The second-order valence-electron chi connectivity index (χ2n) is 5.76. The van der Waals surface area contributed by atoms with E-state index in [1.54, 1.807) is 4.90 Å². The maximum absolute atomic E-state index is 12.8. The minimum absolute atomic E-state index is 0.0581. The topological polar surface area (TPSA) is 60.5 Å². The van der Waals surface area contributed by atoms with Crippen LogP contribution in [0.5, 0.6) is 0 Å². The third-order valence-electron chi connectivity index (χ3n) is 4.26. The van der Waals surface area contributed by atoms with Gasteiger partial charge in [0.1, 0.15) is 10.7 Å². The normalized spacial score (nSPS) is 14.8. The number of ether oxygens (including phenoxy) is 1. The van der Waals surface area contributed by atoms with Crippen LogP contribution in [0.1, 0.15) is 27.7 Å². The molecule has 1 saturated heterocycles.